The molecule has 134 valence electrons. The van der Waals surface area contributed by atoms with E-state index in [9.17, 15) is 13.2 Å². The lowest BCUT2D eigenvalue weighted by atomic mass is 10.1. The number of carbonyl (C=O) groups is 1. The van der Waals surface area contributed by atoms with Gasteiger partial charge in [0.1, 0.15) is 0 Å². The van der Waals surface area contributed by atoms with Gasteiger partial charge in [-0.2, -0.15) is 0 Å². The third-order valence-corrected chi connectivity index (χ3v) is 5.11. The molecule has 1 N–H and O–H groups in total. The molecule has 1 fully saturated rings. The number of hydrogen-bond donors (Lipinski definition) is 1. The van der Waals surface area contributed by atoms with E-state index in [4.69, 9.17) is 0 Å². The van der Waals surface area contributed by atoms with Gasteiger partial charge in [0.25, 0.3) is 5.91 Å². The zero-order valence-electron chi connectivity index (χ0n) is 14.5. The zero-order chi connectivity index (χ0) is 17.4. The molecule has 5 nitrogen and oxygen atoms in total. The Bertz CT molecular complexity index is 635. The van der Waals surface area contributed by atoms with Crippen molar-refractivity contribution < 1.29 is 13.2 Å². The lowest BCUT2D eigenvalue weighted by Gasteiger charge is -2.19. The molecule has 0 saturated carbocycles. The molecule has 6 heteroatoms. The summed E-state index contributed by atoms with van der Waals surface area (Å²) in [5.74, 6) is -0.176. The molecule has 1 aliphatic heterocycles. The summed E-state index contributed by atoms with van der Waals surface area (Å²) in [6, 6.07) is 6.84. The SMILES string of the molecule is CS(=O)(=O)Cc1cccc(C(=O)NCCCN2CCCCCC2)c1. The first-order chi connectivity index (χ1) is 11.4. The summed E-state index contributed by atoms with van der Waals surface area (Å²) in [6.45, 7) is 4.00. The molecule has 0 aliphatic carbocycles. The van der Waals surface area contributed by atoms with Crippen LogP contribution in [-0.2, 0) is 15.6 Å². The summed E-state index contributed by atoms with van der Waals surface area (Å²) in [6.07, 6.45) is 7.35. The second-order valence-electron chi connectivity index (χ2n) is 6.64. The zero-order valence-corrected chi connectivity index (χ0v) is 15.3. The highest BCUT2D eigenvalue weighted by Gasteiger charge is 2.10. The highest BCUT2D eigenvalue weighted by atomic mass is 32.2. The average molecular weight is 353 g/mol. The Morgan fingerprint density at radius 2 is 1.88 bits per heavy atom. The van der Waals surface area contributed by atoms with E-state index in [2.05, 4.69) is 10.2 Å². The number of nitrogens with zero attached hydrogens (tertiary/aromatic N) is 1. The number of benzene rings is 1. The second kappa shape index (κ2) is 9.18. The fraction of sp³-hybridized carbons (Fsp3) is 0.611. The Hall–Kier alpha value is -1.40. The lowest BCUT2D eigenvalue weighted by Crippen LogP contribution is -2.30. The standard InChI is InChI=1S/C18H28N2O3S/c1-24(22,23)15-16-8-6-9-17(14-16)18(21)19-10-7-13-20-11-4-2-3-5-12-20/h6,8-9,14H,2-5,7,10-13,15H2,1H3,(H,19,21). The van der Waals surface area contributed by atoms with Gasteiger partial charge >= 0.3 is 0 Å². The Morgan fingerprint density at radius 3 is 2.54 bits per heavy atom. The van der Waals surface area contributed by atoms with Gasteiger partial charge in [0.15, 0.2) is 9.84 Å². The van der Waals surface area contributed by atoms with Crippen molar-refractivity contribution in [3.63, 3.8) is 0 Å². The van der Waals surface area contributed by atoms with E-state index >= 15 is 0 Å². The highest BCUT2D eigenvalue weighted by molar-refractivity contribution is 7.89. The van der Waals surface area contributed by atoms with Crippen molar-refractivity contribution in [1.29, 1.82) is 0 Å². The minimum absolute atomic E-state index is 0.0386. The lowest BCUT2D eigenvalue weighted by molar-refractivity contribution is 0.0951. The van der Waals surface area contributed by atoms with Crippen LogP contribution < -0.4 is 5.32 Å². The molecule has 0 atom stereocenters. The summed E-state index contributed by atoms with van der Waals surface area (Å²) < 4.78 is 22.7. The number of sulfone groups is 1. The molecule has 0 spiro atoms. The number of hydrogen-bond acceptors (Lipinski definition) is 4. The third kappa shape index (κ3) is 7.01. The quantitative estimate of drug-likeness (QED) is 0.764. The van der Waals surface area contributed by atoms with Crippen LogP contribution >= 0.6 is 0 Å². The van der Waals surface area contributed by atoms with Crippen LogP contribution in [0, 0.1) is 0 Å². The Balaban J connectivity index is 1.76. The average Bonchev–Trinajstić information content (AvgIpc) is 2.78. The van der Waals surface area contributed by atoms with Crippen molar-refractivity contribution >= 4 is 15.7 Å². The van der Waals surface area contributed by atoms with Gasteiger partial charge in [-0.3, -0.25) is 4.79 Å². The predicted molar refractivity (Wildman–Crippen MR) is 96.8 cm³/mol. The summed E-state index contributed by atoms with van der Waals surface area (Å²) in [5, 5.41) is 2.93. The maximum atomic E-state index is 12.2. The van der Waals surface area contributed by atoms with E-state index in [1.54, 1.807) is 24.3 Å². The van der Waals surface area contributed by atoms with Crippen LogP contribution in [0.3, 0.4) is 0 Å². The number of nitrogens with one attached hydrogen (secondary N) is 1. The molecule has 1 aliphatic rings. The van der Waals surface area contributed by atoms with E-state index in [1.165, 1.54) is 45.0 Å². The molecule has 0 aromatic heterocycles. The van der Waals surface area contributed by atoms with Crippen LogP contribution in [0.5, 0.6) is 0 Å². The molecule has 1 aromatic carbocycles. The van der Waals surface area contributed by atoms with Crippen LogP contribution in [0.4, 0.5) is 0 Å². The topological polar surface area (TPSA) is 66.5 Å². The third-order valence-electron chi connectivity index (χ3n) is 4.25. The fourth-order valence-corrected chi connectivity index (χ4v) is 3.86. The van der Waals surface area contributed by atoms with Crippen LogP contribution in [0.2, 0.25) is 0 Å². The monoisotopic (exact) mass is 352 g/mol. The first-order valence-electron chi connectivity index (χ1n) is 8.71. The first kappa shape index (κ1) is 18.9. The van der Waals surface area contributed by atoms with Gasteiger partial charge < -0.3 is 10.2 Å². The summed E-state index contributed by atoms with van der Waals surface area (Å²) in [4.78, 5) is 14.7. The Morgan fingerprint density at radius 1 is 1.17 bits per heavy atom. The van der Waals surface area contributed by atoms with Gasteiger partial charge in [-0.1, -0.05) is 25.0 Å². The van der Waals surface area contributed by atoms with Crippen LogP contribution in [0.1, 0.15) is 48.0 Å². The van der Waals surface area contributed by atoms with Crippen molar-refractivity contribution in [2.24, 2.45) is 0 Å². The molecule has 2 rings (SSSR count). The Labute approximate surface area is 145 Å². The molecule has 1 aromatic rings. The number of amides is 1. The largest absolute Gasteiger partial charge is 0.352 e. The van der Waals surface area contributed by atoms with E-state index in [0.717, 1.165) is 13.0 Å². The molecular weight excluding hydrogens is 324 g/mol. The van der Waals surface area contributed by atoms with Crippen molar-refractivity contribution in [1.82, 2.24) is 10.2 Å². The fourth-order valence-electron chi connectivity index (χ4n) is 3.07. The minimum atomic E-state index is -3.09. The van der Waals surface area contributed by atoms with Crippen molar-refractivity contribution in [3.8, 4) is 0 Å². The maximum absolute atomic E-state index is 12.2. The normalized spacial score (nSPS) is 16.5. The first-order valence-corrected chi connectivity index (χ1v) is 10.8. The Kier molecular flexibility index (Phi) is 7.24. The predicted octanol–water partition coefficient (Wildman–Crippen LogP) is 2.23. The van der Waals surface area contributed by atoms with E-state index in [0.29, 0.717) is 17.7 Å². The van der Waals surface area contributed by atoms with Gasteiger partial charge in [-0.05, 0) is 56.6 Å². The van der Waals surface area contributed by atoms with E-state index in [1.807, 2.05) is 0 Å². The summed E-state index contributed by atoms with van der Waals surface area (Å²) in [7, 11) is -3.09. The van der Waals surface area contributed by atoms with Gasteiger partial charge in [-0.25, -0.2) is 8.42 Å². The van der Waals surface area contributed by atoms with Crippen molar-refractivity contribution in [3.05, 3.63) is 35.4 Å². The second-order valence-corrected chi connectivity index (χ2v) is 8.78. The van der Waals surface area contributed by atoms with E-state index in [-0.39, 0.29) is 11.7 Å². The van der Waals surface area contributed by atoms with Gasteiger partial charge in [0, 0.05) is 18.4 Å². The maximum Gasteiger partial charge on any atom is 0.251 e. The van der Waals surface area contributed by atoms with Gasteiger partial charge in [0.2, 0.25) is 0 Å². The van der Waals surface area contributed by atoms with Gasteiger partial charge in [-0.15, -0.1) is 0 Å². The smallest absolute Gasteiger partial charge is 0.251 e. The van der Waals surface area contributed by atoms with Crippen LogP contribution in [-0.4, -0.2) is 51.7 Å². The highest BCUT2D eigenvalue weighted by Crippen LogP contribution is 2.10. The number of carbonyl (C=O) groups excluding carboxylic acids is 1. The van der Waals surface area contributed by atoms with Crippen molar-refractivity contribution in [2.75, 3.05) is 32.4 Å². The molecule has 0 unspecified atom stereocenters. The molecule has 1 amide bonds. The van der Waals surface area contributed by atoms with E-state index < -0.39 is 9.84 Å². The summed E-state index contributed by atoms with van der Waals surface area (Å²) >= 11 is 0. The summed E-state index contributed by atoms with van der Waals surface area (Å²) in [5.41, 5.74) is 1.17. The van der Waals surface area contributed by atoms with Gasteiger partial charge in [0.05, 0.1) is 5.75 Å². The van der Waals surface area contributed by atoms with Crippen LogP contribution in [0.25, 0.3) is 0 Å². The number of rotatable bonds is 7. The molecule has 0 radical (unpaired) electrons. The number of likely N-dealkylation sites (tertiary alicyclic amines) is 1. The molecular formula is C18H28N2O3S. The van der Waals surface area contributed by atoms with Crippen LogP contribution in [0.15, 0.2) is 24.3 Å². The minimum Gasteiger partial charge on any atom is -0.352 e. The molecule has 1 heterocycles. The molecule has 0 bridgehead atoms. The van der Waals surface area contributed by atoms with Crippen molar-refractivity contribution in [2.45, 2.75) is 37.9 Å². The molecule has 1 saturated heterocycles. The molecule has 24 heavy (non-hydrogen) atoms.